The van der Waals surface area contributed by atoms with Crippen LogP contribution in [0.15, 0.2) is 12.1 Å². The highest BCUT2D eigenvalue weighted by molar-refractivity contribution is 6.33. The molecule has 6 heteroatoms. The molecule has 120 valence electrons. The van der Waals surface area contributed by atoms with E-state index < -0.39 is 0 Å². The maximum absolute atomic E-state index is 12.6. The summed E-state index contributed by atoms with van der Waals surface area (Å²) in [5, 5.41) is 3.54. The Morgan fingerprint density at radius 2 is 2.23 bits per heavy atom. The molecule has 3 atom stereocenters. The number of hydrogen-bond acceptors (Lipinski definition) is 4. The maximum atomic E-state index is 12.6. The van der Waals surface area contributed by atoms with Crippen molar-refractivity contribution in [1.82, 2.24) is 10.2 Å². The summed E-state index contributed by atoms with van der Waals surface area (Å²) in [7, 11) is 1.53. The monoisotopic (exact) mass is 323 g/mol. The van der Waals surface area contributed by atoms with Crippen molar-refractivity contribution in [3.8, 4) is 5.75 Å². The van der Waals surface area contributed by atoms with Crippen LogP contribution in [0.1, 0.15) is 29.6 Å². The third-order valence-electron chi connectivity index (χ3n) is 4.75. The van der Waals surface area contributed by atoms with Gasteiger partial charge in [0.15, 0.2) is 0 Å². The van der Waals surface area contributed by atoms with Gasteiger partial charge in [-0.25, -0.2) is 0 Å². The van der Waals surface area contributed by atoms with Crippen LogP contribution in [-0.2, 0) is 0 Å². The van der Waals surface area contributed by atoms with E-state index in [0.717, 1.165) is 19.5 Å². The second-order valence-electron chi connectivity index (χ2n) is 6.15. The Kier molecular flexibility index (Phi) is 4.45. The summed E-state index contributed by atoms with van der Waals surface area (Å²) < 4.78 is 5.27. The van der Waals surface area contributed by atoms with Crippen molar-refractivity contribution in [3.63, 3.8) is 0 Å². The van der Waals surface area contributed by atoms with Crippen molar-refractivity contribution in [2.45, 2.75) is 25.3 Å². The minimum atomic E-state index is -0.136. The summed E-state index contributed by atoms with van der Waals surface area (Å²) in [6, 6.07) is 3.41. The highest BCUT2D eigenvalue weighted by Crippen LogP contribution is 2.30. The maximum Gasteiger partial charge on any atom is 0.255 e. The summed E-state index contributed by atoms with van der Waals surface area (Å²) in [6.45, 7) is 3.34. The lowest BCUT2D eigenvalue weighted by Crippen LogP contribution is -2.53. The number of carbonyl (C=O) groups is 1. The number of fused-ring (bicyclic) bond motifs is 2. The minimum Gasteiger partial charge on any atom is -0.496 e. The molecule has 1 unspecified atom stereocenters. The van der Waals surface area contributed by atoms with Crippen LogP contribution in [0.4, 0.5) is 5.69 Å². The van der Waals surface area contributed by atoms with Gasteiger partial charge in [-0.15, -0.1) is 0 Å². The first kappa shape index (κ1) is 15.4. The van der Waals surface area contributed by atoms with Gasteiger partial charge in [-0.2, -0.15) is 0 Å². The highest BCUT2D eigenvalue weighted by atomic mass is 35.5. The molecule has 2 fully saturated rings. The number of hydrogen-bond donors (Lipinski definition) is 2. The third-order valence-corrected chi connectivity index (χ3v) is 5.07. The lowest BCUT2D eigenvalue weighted by Gasteiger charge is -2.42. The Bertz CT molecular complexity index is 579. The van der Waals surface area contributed by atoms with Crippen LogP contribution in [0, 0.1) is 5.92 Å². The molecule has 1 aromatic carbocycles. The molecule has 3 N–H and O–H groups in total. The number of amides is 1. The van der Waals surface area contributed by atoms with Gasteiger partial charge in [-0.05, 0) is 37.8 Å². The molecule has 0 radical (unpaired) electrons. The summed E-state index contributed by atoms with van der Waals surface area (Å²) in [5.41, 5.74) is 6.62. The predicted molar refractivity (Wildman–Crippen MR) is 87.5 cm³/mol. The zero-order valence-corrected chi connectivity index (χ0v) is 13.5. The summed E-state index contributed by atoms with van der Waals surface area (Å²) in [6.07, 6.45) is 3.40. The number of nitrogen functional groups attached to an aromatic ring is 1. The van der Waals surface area contributed by atoms with Gasteiger partial charge in [0, 0.05) is 25.2 Å². The number of nitrogens with one attached hydrogen (secondary N) is 1. The highest BCUT2D eigenvalue weighted by Gasteiger charge is 2.33. The fraction of sp³-hybridized carbons (Fsp3) is 0.562. The number of ether oxygens (including phenoxy) is 1. The topological polar surface area (TPSA) is 67.6 Å². The summed E-state index contributed by atoms with van der Waals surface area (Å²) in [4.78, 5) is 15.1. The Morgan fingerprint density at radius 3 is 3.00 bits per heavy atom. The Balaban J connectivity index is 1.75. The van der Waals surface area contributed by atoms with Gasteiger partial charge < -0.3 is 20.7 Å². The van der Waals surface area contributed by atoms with E-state index in [2.05, 4.69) is 10.2 Å². The van der Waals surface area contributed by atoms with E-state index in [4.69, 9.17) is 22.1 Å². The standard InChI is InChI=1S/C16H22ClN3O2/c1-22-15-8-13(18)12(17)7-11(15)16(21)19-14-4-6-20-5-2-3-10(14)9-20/h7-8,10,14H,2-6,9,18H2,1H3,(H,19,21)/t10-,14-/m1/s1. The number of anilines is 1. The van der Waals surface area contributed by atoms with Crippen LogP contribution < -0.4 is 15.8 Å². The average Bonchev–Trinajstić information content (AvgIpc) is 2.52. The van der Waals surface area contributed by atoms with Crippen molar-refractivity contribution in [3.05, 3.63) is 22.7 Å². The van der Waals surface area contributed by atoms with Crippen LogP contribution >= 0.6 is 11.6 Å². The Labute approximate surface area is 135 Å². The SMILES string of the molecule is COc1cc(N)c(Cl)cc1C(=O)N[C@@H]1CCN2CCC[C@@H]1C2. The first-order valence-electron chi connectivity index (χ1n) is 7.74. The molecular weight excluding hydrogens is 302 g/mol. The molecule has 2 heterocycles. The smallest absolute Gasteiger partial charge is 0.255 e. The first-order chi connectivity index (χ1) is 10.6. The van der Waals surface area contributed by atoms with E-state index in [9.17, 15) is 4.79 Å². The number of carbonyl (C=O) groups excluding carboxylic acids is 1. The number of benzene rings is 1. The molecule has 2 saturated heterocycles. The molecule has 0 aliphatic carbocycles. The van der Waals surface area contributed by atoms with Crippen molar-refractivity contribution in [2.24, 2.45) is 5.92 Å². The Hall–Kier alpha value is -1.46. The second kappa shape index (κ2) is 6.34. The molecule has 0 spiro atoms. The van der Waals surface area contributed by atoms with E-state index in [-0.39, 0.29) is 11.9 Å². The number of methoxy groups -OCH3 is 1. The third kappa shape index (κ3) is 3.01. The van der Waals surface area contributed by atoms with E-state index >= 15 is 0 Å². The Morgan fingerprint density at radius 1 is 1.41 bits per heavy atom. The molecular formula is C16H22ClN3O2. The largest absolute Gasteiger partial charge is 0.496 e. The molecule has 2 aliphatic rings. The van der Waals surface area contributed by atoms with Crippen molar-refractivity contribution >= 4 is 23.2 Å². The van der Waals surface area contributed by atoms with Gasteiger partial charge in [-0.3, -0.25) is 4.79 Å². The molecule has 1 aromatic rings. The van der Waals surface area contributed by atoms with Crippen LogP contribution in [0.2, 0.25) is 5.02 Å². The van der Waals surface area contributed by atoms with Gasteiger partial charge >= 0.3 is 0 Å². The average molecular weight is 324 g/mol. The minimum absolute atomic E-state index is 0.136. The van der Waals surface area contributed by atoms with Crippen LogP contribution in [0.25, 0.3) is 0 Å². The van der Waals surface area contributed by atoms with Crippen molar-refractivity contribution in [2.75, 3.05) is 32.5 Å². The number of rotatable bonds is 3. The van der Waals surface area contributed by atoms with Gasteiger partial charge in [0.05, 0.1) is 23.4 Å². The zero-order valence-electron chi connectivity index (χ0n) is 12.8. The molecule has 3 rings (SSSR count). The number of nitrogens with two attached hydrogens (primary N) is 1. The molecule has 2 bridgehead atoms. The fourth-order valence-electron chi connectivity index (χ4n) is 3.53. The number of halogens is 1. The van der Waals surface area contributed by atoms with Crippen molar-refractivity contribution in [1.29, 1.82) is 0 Å². The van der Waals surface area contributed by atoms with E-state index in [1.165, 1.54) is 26.5 Å². The first-order valence-corrected chi connectivity index (χ1v) is 8.12. The van der Waals surface area contributed by atoms with E-state index in [0.29, 0.717) is 27.9 Å². The lowest BCUT2D eigenvalue weighted by atomic mass is 9.85. The van der Waals surface area contributed by atoms with Gasteiger partial charge in [0.1, 0.15) is 5.75 Å². The molecule has 2 aliphatic heterocycles. The van der Waals surface area contributed by atoms with Gasteiger partial charge in [-0.1, -0.05) is 11.6 Å². The van der Waals surface area contributed by atoms with Gasteiger partial charge in [0.2, 0.25) is 0 Å². The van der Waals surface area contributed by atoms with E-state index in [1.807, 2.05) is 0 Å². The quantitative estimate of drug-likeness (QED) is 0.836. The molecule has 1 amide bonds. The molecule has 22 heavy (non-hydrogen) atoms. The summed E-state index contributed by atoms with van der Waals surface area (Å²) >= 11 is 6.05. The summed E-state index contributed by atoms with van der Waals surface area (Å²) in [5.74, 6) is 0.866. The van der Waals surface area contributed by atoms with E-state index in [1.54, 1.807) is 12.1 Å². The zero-order chi connectivity index (χ0) is 15.7. The number of piperidine rings is 2. The van der Waals surface area contributed by atoms with Crippen molar-refractivity contribution < 1.29 is 9.53 Å². The van der Waals surface area contributed by atoms with Gasteiger partial charge in [0.25, 0.3) is 5.91 Å². The normalized spacial score (nSPS) is 27.3. The predicted octanol–water partition coefficient (Wildman–Crippen LogP) is 2.14. The lowest BCUT2D eigenvalue weighted by molar-refractivity contribution is 0.0737. The van der Waals surface area contributed by atoms with Crippen LogP contribution in [0.3, 0.4) is 0 Å². The molecule has 0 saturated carbocycles. The molecule has 5 nitrogen and oxygen atoms in total. The van der Waals surface area contributed by atoms with Crippen LogP contribution in [0.5, 0.6) is 5.75 Å². The molecule has 0 aromatic heterocycles. The second-order valence-corrected chi connectivity index (χ2v) is 6.55. The fourth-order valence-corrected chi connectivity index (χ4v) is 3.70. The number of nitrogens with zero attached hydrogens (tertiary/aromatic N) is 1. The van der Waals surface area contributed by atoms with Crippen LogP contribution in [-0.4, -0.2) is 43.6 Å².